The van der Waals surface area contributed by atoms with Gasteiger partial charge in [-0.1, -0.05) is 0 Å². The van der Waals surface area contributed by atoms with Crippen molar-refractivity contribution >= 4 is 6.09 Å². The van der Waals surface area contributed by atoms with Crippen molar-refractivity contribution in [2.24, 2.45) is 5.92 Å². The van der Waals surface area contributed by atoms with Gasteiger partial charge in [0.25, 0.3) is 0 Å². The van der Waals surface area contributed by atoms with Crippen molar-refractivity contribution in [1.29, 1.82) is 0 Å². The number of hydrogen-bond acceptors (Lipinski definition) is 3. The van der Waals surface area contributed by atoms with Gasteiger partial charge in [-0.15, -0.1) is 0 Å². The monoisotopic (exact) mass is 214 g/mol. The van der Waals surface area contributed by atoms with E-state index < -0.39 is 0 Å². The lowest BCUT2D eigenvalue weighted by Crippen LogP contribution is -2.41. The molecular weight excluding hydrogens is 192 g/mol. The zero-order valence-electron chi connectivity index (χ0n) is 9.93. The Kier molecular flexibility index (Phi) is 4.39. The number of carbonyl (C=O) groups is 1. The van der Waals surface area contributed by atoms with Gasteiger partial charge in [0.05, 0.1) is 6.61 Å². The van der Waals surface area contributed by atoms with E-state index in [1.165, 1.54) is 0 Å². The number of alkyl carbamates (subject to hydrolysis) is 1. The molecule has 0 radical (unpaired) electrons. The first kappa shape index (κ1) is 12.3. The molecule has 4 nitrogen and oxygen atoms in total. The summed E-state index contributed by atoms with van der Waals surface area (Å²) in [4.78, 5) is 11.4. The van der Waals surface area contributed by atoms with Crippen LogP contribution < -0.4 is 10.6 Å². The smallest absolute Gasteiger partial charge is 0.407 e. The zero-order valence-corrected chi connectivity index (χ0v) is 9.93. The molecule has 1 fully saturated rings. The second-order valence-electron chi connectivity index (χ2n) is 5.17. The molecule has 1 amide bonds. The molecule has 0 atom stereocenters. The van der Waals surface area contributed by atoms with Gasteiger partial charge in [-0.25, -0.2) is 4.79 Å². The third kappa shape index (κ3) is 5.62. The van der Waals surface area contributed by atoms with Gasteiger partial charge in [-0.2, -0.15) is 0 Å². The number of rotatable bonds is 2. The van der Waals surface area contributed by atoms with E-state index in [2.05, 4.69) is 10.6 Å². The van der Waals surface area contributed by atoms with Gasteiger partial charge in [-0.05, 0) is 52.6 Å². The SMILES string of the molecule is CC(C)(C)NC(=O)OCC1CCNCC1. The van der Waals surface area contributed by atoms with E-state index in [1.54, 1.807) is 0 Å². The van der Waals surface area contributed by atoms with Crippen LogP contribution in [0.3, 0.4) is 0 Å². The number of ether oxygens (including phenoxy) is 1. The Morgan fingerprint density at radius 1 is 1.40 bits per heavy atom. The van der Waals surface area contributed by atoms with Gasteiger partial charge in [0.2, 0.25) is 0 Å². The third-order valence-electron chi connectivity index (χ3n) is 2.39. The topological polar surface area (TPSA) is 50.4 Å². The molecule has 0 aromatic heterocycles. The normalized spacial score (nSPS) is 18.6. The molecule has 0 bridgehead atoms. The van der Waals surface area contributed by atoms with Crippen LogP contribution in [0.5, 0.6) is 0 Å². The molecule has 0 aromatic carbocycles. The van der Waals surface area contributed by atoms with Crippen LogP contribution in [0.15, 0.2) is 0 Å². The number of nitrogens with one attached hydrogen (secondary N) is 2. The van der Waals surface area contributed by atoms with Gasteiger partial charge in [-0.3, -0.25) is 0 Å². The second kappa shape index (κ2) is 5.35. The van der Waals surface area contributed by atoms with Gasteiger partial charge in [0.15, 0.2) is 0 Å². The third-order valence-corrected chi connectivity index (χ3v) is 2.39. The average molecular weight is 214 g/mol. The lowest BCUT2D eigenvalue weighted by Gasteiger charge is -2.24. The highest BCUT2D eigenvalue weighted by Gasteiger charge is 2.18. The molecule has 1 heterocycles. The highest BCUT2D eigenvalue weighted by atomic mass is 16.5. The summed E-state index contributed by atoms with van der Waals surface area (Å²) in [5, 5.41) is 6.07. The van der Waals surface area contributed by atoms with Crippen LogP contribution in [0.2, 0.25) is 0 Å². The van der Waals surface area contributed by atoms with Crippen LogP contribution in [0, 0.1) is 5.92 Å². The maximum Gasteiger partial charge on any atom is 0.407 e. The quantitative estimate of drug-likeness (QED) is 0.732. The summed E-state index contributed by atoms with van der Waals surface area (Å²) in [6.07, 6.45) is 1.90. The highest BCUT2D eigenvalue weighted by Crippen LogP contribution is 2.11. The summed E-state index contributed by atoms with van der Waals surface area (Å²) in [5.41, 5.74) is -0.217. The zero-order chi connectivity index (χ0) is 11.3. The number of carbonyl (C=O) groups excluding carboxylic acids is 1. The van der Waals surface area contributed by atoms with E-state index in [9.17, 15) is 4.79 Å². The molecule has 0 aromatic rings. The minimum absolute atomic E-state index is 0.217. The summed E-state index contributed by atoms with van der Waals surface area (Å²) < 4.78 is 5.18. The number of piperidine rings is 1. The Morgan fingerprint density at radius 3 is 2.53 bits per heavy atom. The van der Waals surface area contributed by atoms with Crippen molar-refractivity contribution in [1.82, 2.24) is 10.6 Å². The Morgan fingerprint density at radius 2 is 2.00 bits per heavy atom. The van der Waals surface area contributed by atoms with Crippen molar-refractivity contribution in [3.05, 3.63) is 0 Å². The minimum atomic E-state index is -0.305. The van der Waals surface area contributed by atoms with Crippen LogP contribution in [-0.2, 0) is 4.74 Å². The summed E-state index contributed by atoms with van der Waals surface area (Å²) in [6, 6.07) is 0. The minimum Gasteiger partial charge on any atom is -0.449 e. The largest absolute Gasteiger partial charge is 0.449 e. The van der Waals surface area contributed by atoms with E-state index in [-0.39, 0.29) is 11.6 Å². The van der Waals surface area contributed by atoms with E-state index in [0.29, 0.717) is 12.5 Å². The molecule has 4 heteroatoms. The molecule has 0 aliphatic carbocycles. The first-order valence-electron chi connectivity index (χ1n) is 5.63. The Bertz CT molecular complexity index is 205. The van der Waals surface area contributed by atoms with Crippen LogP contribution in [-0.4, -0.2) is 31.3 Å². The molecule has 0 spiro atoms. The summed E-state index contributed by atoms with van der Waals surface area (Å²) in [7, 11) is 0. The first-order chi connectivity index (χ1) is 6.97. The van der Waals surface area contributed by atoms with Crippen LogP contribution in [0.25, 0.3) is 0 Å². The summed E-state index contributed by atoms with van der Waals surface area (Å²) in [6.45, 7) is 8.45. The molecule has 0 saturated carbocycles. The summed E-state index contributed by atoms with van der Waals surface area (Å²) >= 11 is 0. The molecule has 0 unspecified atom stereocenters. The fourth-order valence-corrected chi connectivity index (χ4v) is 1.58. The van der Waals surface area contributed by atoms with Crippen molar-refractivity contribution in [3.8, 4) is 0 Å². The van der Waals surface area contributed by atoms with E-state index >= 15 is 0 Å². The Balaban J connectivity index is 2.15. The average Bonchev–Trinajstić information content (AvgIpc) is 2.14. The van der Waals surface area contributed by atoms with E-state index in [1.807, 2.05) is 20.8 Å². The van der Waals surface area contributed by atoms with Gasteiger partial charge in [0.1, 0.15) is 0 Å². The molecule has 2 N–H and O–H groups in total. The van der Waals surface area contributed by atoms with Crippen LogP contribution >= 0.6 is 0 Å². The molecule has 15 heavy (non-hydrogen) atoms. The lowest BCUT2D eigenvalue weighted by molar-refractivity contribution is 0.111. The highest BCUT2D eigenvalue weighted by molar-refractivity contribution is 5.68. The van der Waals surface area contributed by atoms with Crippen LogP contribution in [0.4, 0.5) is 4.79 Å². The molecule has 1 aliphatic heterocycles. The second-order valence-corrected chi connectivity index (χ2v) is 5.17. The van der Waals surface area contributed by atoms with E-state index in [4.69, 9.17) is 4.74 Å². The number of amides is 1. The van der Waals surface area contributed by atoms with Crippen molar-refractivity contribution < 1.29 is 9.53 Å². The van der Waals surface area contributed by atoms with Gasteiger partial charge < -0.3 is 15.4 Å². The molecular formula is C11H22N2O2. The molecule has 1 saturated heterocycles. The maximum absolute atomic E-state index is 11.4. The van der Waals surface area contributed by atoms with Crippen LogP contribution in [0.1, 0.15) is 33.6 Å². The molecule has 88 valence electrons. The van der Waals surface area contributed by atoms with Crippen molar-refractivity contribution in [3.63, 3.8) is 0 Å². The number of hydrogen-bond donors (Lipinski definition) is 2. The Hall–Kier alpha value is -0.770. The first-order valence-corrected chi connectivity index (χ1v) is 5.63. The molecule has 1 aliphatic rings. The fraction of sp³-hybridized carbons (Fsp3) is 0.909. The van der Waals surface area contributed by atoms with Crippen molar-refractivity contribution in [2.75, 3.05) is 19.7 Å². The van der Waals surface area contributed by atoms with Crippen molar-refractivity contribution in [2.45, 2.75) is 39.2 Å². The Labute approximate surface area is 91.8 Å². The lowest BCUT2D eigenvalue weighted by atomic mass is 9.99. The maximum atomic E-state index is 11.4. The van der Waals surface area contributed by atoms with E-state index in [0.717, 1.165) is 25.9 Å². The predicted molar refractivity (Wildman–Crippen MR) is 59.8 cm³/mol. The van der Waals surface area contributed by atoms with Gasteiger partial charge >= 0.3 is 6.09 Å². The van der Waals surface area contributed by atoms with Gasteiger partial charge in [0, 0.05) is 5.54 Å². The molecule has 1 rings (SSSR count). The summed E-state index contributed by atoms with van der Waals surface area (Å²) in [5.74, 6) is 0.525. The fourth-order valence-electron chi connectivity index (χ4n) is 1.58. The standard InChI is InChI=1S/C11H22N2O2/c1-11(2,3)13-10(14)15-8-9-4-6-12-7-5-9/h9,12H,4-8H2,1-3H3,(H,13,14). The predicted octanol–water partition coefficient (Wildman–Crippen LogP) is 1.51.